The molecule has 2 aliphatic heterocycles. The first-order valence-electron chi connectivity index (χ1n) is 14.7. The molecule has 2 N–H and O–H groups in total. The second-order valence-corrected chi connectivity index (χ2v) is 13.7. The Morgan fingerprint density at radius 2 is 1.65 bits per heavy atom. The van der Waals surface area contributed by atoms with Crippen LogP contribution in [0.15, 0.2) is 31.0 Å². The number of hydrogen-bond acceptors (Lipinski definition) is 9. The van der Waals surface area contributed by atoms with E-state index < -0.39 is 30.0 Å². The zero-order valence-electron chi connectivity index (χ0n) is 27.4. The summed E-state index contributed by atoms with van der Waals surface area (Å²) in [4.78, 5) is 19.9. The molecule has 3 aromatic heterocycles. The van der Waals surface area contributed by atoms with Gasteiger partial charge >= 0.3 is 13.2 Å². The third kappa shape index (κ3) is 11.8. The number of nitrogens with one attached hydrogen (secondary N) is 2. The predicted molar refractivity (Wildman–Crippen MR) is 189 cm³/mol. The lowest BCUT2D eigenvalue weighted by Gasteiger charge is -2.33. The van der Waals surface area contributed by atoms with E-state index in [0.717, 1.165) is 16.1 Å². The molecule has 2 saturated heterocycles. The number of H-pyrrole nitrogens is 1. The van der Waals surface area contributed by atoms with Gasteiger partial charge in [-0.2, -0.15) is 14.9 Å². The van der Waals surface area contributed by atoms with Gasteiger partial charge < -0.3 is 19.4 Å². The monoisotopic (exact) mass is 663 g/mol. The van der Waals surface area contributed by atoms with E-state index in [-0.39, 0.29) is 22.3 Å². The third-order valence-corrected chi connectivity index (χ3v) is 8.05. The van der Waals surface area contributed by atoms with Gasteiger partial charge in [0, 0.05) is 47.9 Å². The minimum atomic E-state index is -0.562. The van der Waals surface area contributed by atoms with E-state index in [1.165, 1.54) is 18.4 Å². The molecule has 0 bridgehead atoms. The summed E-state index contributed by atoms with van der Waals surface area (Å²) in [5.41, 5.74) is 2.21. The van der Waals surface area contributed by atoms with E-state index in [4.69, 9.17) is 25.6 Å². The number of aromatic nitrogens is 6. The molecule has 0 aliphatic carbocycles. The van der Waals surface area contributed by atoms with Gasteiger partial charge in [0.25, 0.3) is 0 Å². The Bertz CT molecular complexity index is 1330. The fourth-order valence-electron chi connectivity index (χ4n) is 4.44. The van der Waals surface area contributed by atoms with Crippen LogP contribution in [0.3, 0.4) is 0 Å². The quantitative estimate of drug-likeness (QED) is 0.268. The fourth-order valence-corrected chi connectivity index (χ4v) is 4.63. The molecule has 3 atom stereocenters. The van der Waals surface area contributed by atoms with Crippen LogP contribution in [0.4, 0.5) is 4.79 Å². The molecule has 3 unspecified atom stereocenters. The van der Waals surface area contributed by atoms with Crippen LogP contribution in [0.2, 0.25) is 5.15 Å². The number of piperidine rings is 1. The third-order valence-electron chi connectivity index (χ3n) is 7.69. The van der Waals surface area contributed by atoms with Crippen molar-refractivity contribution in [3.63, 3.8) is 0 Å². The van der Waals surface area contributed by atoms with Crippen molar-refractivity contribution >= 4 is 30.3 Å². The van der Waals surface area contributed by atoms with Crippen LogP contribution in [-0.2, 0) is 14.0 Å². The van der Waals surface area contributed by atoms with E-state index >= 15 is 0 Å². The summed E-state index contributed by atoms with van der Waals surface area (Å²) in [5.74, 6) is 0.716. The van der Waals surface area contributed by atoms with Crippen molar-refractivity contribution in [2.75, 3.05) is 0 Å². The highest BCUT2D eigenvalue weighted by molar-refractivity contribution is 6.62. The number of rotatable bonds is 2. The summed E-state index contributed by atoms with van der Waals surface area (Å²) >= 11 is 5.64. The Morgan fingerprint density at radius 3 is 2.15 bits per heavy atom. The highest BCUT2D eigenvalue weighted by atomic mass is 35.5. The van der Waals surface area contributed by atoms with Gasteiger partial charge in [-0.25, -0.2) is 9.78 Å². The van der Waals surface area contributed by atoms with Crippen LogP contribution >= 0.6 is 11.6 Å². The topological polar surface area (TPSA) is 129 Å². The van der Waals surface area contributed by atoms with Crippen molar-refractivity contribution in [2.45, 2.75) is 140 Å². The highest BCUT2D eigenvalue weighted by Gasteiger charge is 2.52. The van der Waals surface area contributed by atoms with Gasteiger partial charge in [-0.1, -0.05) is 40.8 Å². The van der Waals surface area contributed by atoms with Crippen molar-refractivity contribution < 1.29 is 18.8 Å². The van der Waals surface area contributed by atoms with Crippen LogP contribution in [-0.4, -0.2) is 66.0 Å². The van der Waals surface area contributed by atoms with Crippen molar-refractivity contribution in [2.24, 2.45) is 5.92 Å². The number of carbonyl (C=O) groups excluding carboxylic acids is 1. The highest BCUT2D eigenvalue weighted by Crippen LogP contribution is 2.36. The first kappa shape index (κ1) is 43.2. The average Bonchev–Trinajstić information content (AvgIpc) is 3.63. The van der Waals surface area contributed by atoms with Crippen molar-refractivity contribution in [1.82, 2.24) is 35.3 Å². The van der Waals surface area contributed by atoms with Gasteiger partial charge in [0.05, 0.1) is 28.8 Å². The van der Waals surface area contributed by atoms with E-state index in [2.05, 4.69) is 44.4 Å². The molecule has 0 saturated carbocycles. The van der Waals surface area contributed by atoms with Crippen LogP contribution in [0.25, 0.3) is 0 Å². The molecule has 0 spiro atoms. The number of aromatic amines is 1. The average molecular weight is 664 g/mol. The molecule has 5 rings (SSSR count). The number of nitrogens with zero attached hydrogens (tertiary/aromatic N) is 5. The van der Waals surface area contributed by atoms with Gasteiger partial charge in [-0.15, -0.1) is 0 Å². The lowest BCUT2D eigenvalue weighted by atomic mass is 9.82. The summed E-state index contributed by atoms with van der Waals surface area (Å²) in [6, 6.07) is 1.12. The van der Waals surface area contributed by atoms with Gasteiger partial charge in [-0.05, 0) is 88.0 Å². The molecule has 46 heavy (non-hydrogen) atoms. The van der Waals surface area contributed by atoms with Crippen molar-refractivity contribution in [3.05, 3.63) is 53.1 Å². The molecule has 0 radical (unpaired) electrons. The van der Waals surface area contributed by atoms with Crippen LogP contribution in [0.5, 0.6) is 0 Å². The fraction of sp³-hybridized carbons (Fsp3) is 0.667. The van der Waals surface area contributed by atoms with Crippen molar-refractivity contribution in [1.29, 1.82) is 0 Å². The number of aryl methyl sites for hydroxylation is 2. The van der Waals surface area contributed by atoms with Crippen LogP contribution in [0, 0.1) is 19.8 Å². The molecule has 0 aromatic carbocycles. The molecular formula is C33H59BClN7O4. The minimum Gasteiger partial charge on any atom is -0.442 e. The van der Waals surface area contributed by atoms with Crippen molar-refractivity contribution in [3.8, 4) is 0 Å². The normalized spacial score (nSPS) is 21.1. The SMILES string of the molecule is C.C.C.CC(C)(C)OC(=O)n1cc(B2OC(C)(C)C(C)(C)O2)cn1.CC1CCC(C)C(c2cn[nH]c2)N1.Cc1cnc(C)c(Cl)n1. The van der Waals surface area contributed by atoms with Gasteiger partial charge in [0.15, 0.2) is 5.15 Å². The first-order chi connectivity index (χ1) is 19.9. The number of ether oxygens (including phenoxy) is 1. The molecule has 0 amide bonds. The molecular weight excluding hydrogens is 605 g/mol. The Labute approximate surface area is 283 Å². The largest absolute Gasteiger partial charge is 0.498 e. The maximum absolute atomic E-state index is 11.9. The number of hydrogen-bond donors (Lipinski definition) is 2. The molecule has 260 valence electrons. The molecule has 2 fully saturated rings. The molecule has 3 aromatic rings. The summed E-state index contributed by atoms with van der Waals surface area (Å²) in [7, 11) is -0.536. The van der Waals surface area contributed by atoms with Crippen LogP contribution < -0.4 is 10.8 Å². The van der Waals surface area contributed by atoms with E-state index in [0.29, 0.717) is 28.6 Å². The second kappa shape index (κ2) is 17.4. The summed E-state index contributed by atoms with van der Waals surface area (Å²) in [6.07, 6.45) is 10.8. The zero-order chi connectivity index (χ0) is 32.2. The standard InChI is InChI=1S/C14H23BN2O4.C10H17N3.C6H7ClN2.3CH4/c1-12(2,3)19-11(18)17-9-10(8-16-17)15-20-13(4,5)14(6,7)21-15;1-7-3-4-8(2)13-10(7)9-5-11-12-6-9;1-4-3-8-5(2)6(7)9-4;;;/h8-9H,1-7H3;5-8,10,13H,3-4H2,1-2H3,(H,11,12);3H,1-2H3;3*1H4. The van der Waals surface area contributed by atoms with Gasteiger partial charge in [-0.3, -0.25) is 10.1 Å². The van der Waals surface area contributed by atoms with Gasteiger partial charge in [0.1, 0.15) is 5.60 Å². The lowest BCUT2D eigenvalue weighted by Crippen LogP contribution is -2.41. The summed E-state index contributed by atoms with van der Waals surface area (Å²) < 4.78 is 18.3. The molecule has 13 heteroatoms. The summed E-state index contributed by atoms with van der Waals surface area (Å²) in [6.45, 7) is 21.6. The number of halogens is 1. The van der Waals surface area contributed by atoms with E-state index in [9.17, 15) is 4.79 Å². The Morgan fingerprint density at radius 1 is 1.04 bits per heavy atom. The Kier molecular flexibility index (Phi) is 16.3. The van der Waals surface area contributed by atoms with Crippen LogP contribution in [0.1, 0.15) is 120 Å². The van der Waals surface area contributed by atoms with Gasteiger partial charge in [0.2, 0.25) is 0 Å². The molecule has 2 aliphatic rings. The maximum atomic E-state index is 11.9. The Balaban J connectivity index is 0.000000696. The zero-order valence-corrected chi connectivity index (χ0v) is 28.1. The summed E-state index contributed by atoms with van der Waals surface area (Å²) in [5, 5.41) is 15.0. The van der Waals surface area contributed by atoms with E-state index in [1.807, 2.05) is 74.7 Å². The van der Waals surface area contributed by atoms with E-state index in [1.54, 1.807) is 18.6 Å². The first-order valence-corrected chi connectivity index (χ1v) is 15.1. The molecule has 11 nitrogen and oxygen atoms in total. The Hall–Kier alpha value is -2.80. The minimum absolute atomic E-state index is 0. The maximum Gasteiger partial charge on any atom is 0.498 e. The molecule has 5 heterocycles. The smallest absolute Gasteiger partial charge is 0.442 e. The lowest BCUT2D eigenvalue weighted by molar-refractivity contribution is 0.00578. The number of carbonyl (C=O) groups is 1. The second-order valence-electron chi connectivity index (χ2n) is 13.3. The predicted octanol–water partition coefficient (Wildman–Crippen LogP) is 7.48.